The zero-order valence-electron chi connectivity index (χ0n) is 12.5. The van der Waals surface area contributed by atoms with Crippen LogP contribution in [0.15, 0.2) is 24.3 Å². The monoisotopic (exact) mass is 304 g/mol. The van der Waals surface area contributed by atoms with Crippen molar-refractivity contribution >= 4 is 17.3 Å². The number of benzene rings is 1. The van der Waals surface area contributed by atoms with Gasteiger partial charge in [0, 0.05) is 11.8 Å². The average molecular weight is 304 g/mol. The number of nitro benzene ring substituents is 1. The van der Waals surface area contributed by atoms with E-state index in [9.17, 15) is 14.9 Å². The third-order valence-electron chi connectivity index (χ3n) is 3.07. The third kappa shape index (κ3) is 3.40. The SMILES string of the molecule is COc1cc([N+](=O)[O-])ccc1NC(=O)Cn1nc(C)cc1C. The molecule has 0 saturated heterocycles. The largest absolute Gasteiger partial charge is 0.494 e. The van der Waals surface area contributed by atoms with E-state index in [0.717, 1.165) is 11.4 Å². The van der Waals surface area contributed by atoms with Gasteiger partial charge in [0.1, 0.15) is 12.3 Å². The molecule has 0 saturated carbocycles. The quantitative estimate of drug-likeness (QED) is 0.673. The number of nitrogens with zero attached hydrogens (tertiary/aromatic N) is 3. The van der Waals surface area contributed by atoms with Crippen LogP contribution in [0.25, 0.3) is 0 Å². The predicted octanol–water partition coefficient (Wildman–Crippen LogP) is 2.06. The molecule has 0 atom stereocenters. The highest BCUT2D eigenvalue weighted by Gasteiger charge is 2.14. The van der Waals surface area contributed by atoms with E-state index in [1.807, 2.05) is 19.9 Å². The van der Waals surface area contributed by atoms with Crippen molar-refractivity contribution in [2.24, 2.45) is 0 Å². The topological polar surface area (TPSA) is 99.3 Å². The number of nitro groups is 1. The Bertz CT molecular complexity index is 724. The molecule has 0 unspecified atom stereocenters. The van der Waals surface area contributed by atoms with Crippen LogP contribution in [-0.2, 0) is 11.3 Å². The number of methoxy groups -OCH3 is 1. The molecule has 0 aliphatic carbocycles. The van der Waals surface area contributed by atoms with E-state index < -0.39 is 4.92 Å². The molecule has 2 aromatic rings. The summed E-state index contributed by atoms with van der Waals surface area (Å²) in [5.41, 5.74) is 1.98. The highest BCUT2D eigenvalue weighted by atomic mass is 16.6. The molecule has 0 spiro atoms. The Hall–Kier alpha value is -2.90. The number of aromatic nitrogens is 2. The van der Waals surface area contributed by atoms with Gasteiger partial charge in [0.15, 0.2) is 0 Å². The molecule has 1 heterocycles. The lowest BCUT2D eigenvalue weighted by Crippen LogP contribution is -2.20. The number of carbonyl (C=O) groups is 1. The molecule has 0 radical (unpaired) electrons. The minimum Gasteiger partial charge on any atom is -0.494 e. The molecule has 22 heavy (non-hydrogen) atoms. The van der Waals surface area contributed by atoms with Gasteiger partial charge in [-0.3, -0.25) is 19.6 Å². The van der Waals surface area contributed by atoms with Crippen molar-refractivity contribution in [2.75, 3.05) is 12.4 Å². The second-order valence-electron chi connectivity index (χ2n) is 4.77. The summed E-state index contributed by atoms with van der Waals surface area (Å²) >= 11 is 0. The average Bonchev–Trinajstić information content (AvgIpc) is 2.76. The number of hydrogen-bond donors (Lipinski definition) is 1. The molecule has 2 rings (SSSR count). The highest BCUT2D eigenvalue weighted by Crippen LogP contribution is 2.28. The van der Waals surface area contributed by atoms with Crippen LogP contribution >= 0.6 is 0 Å². The van der Waals surface area contributed by atoms with Gasteiger partial charge in [0.25, 0.3) is 5.69 Å². The number of ether oxygens (including phenoxy) is 1. The first-order valence-electron chi connectivity index (χ1n) is 6.54. The van der Waals surface area contributed by atoms with Gasteiger partial charge in [0.2, 0.25) is 5.91 Å². The van der Waals surface area contributed by atoms with E-state index in [0.29, 0.717) is 5.69 Å². The maximum absolute atomic E-state index is 12.1. The minimum absolute atomic E-state index is 0.0554. The maximum atomic E-state index is 12.1. The number of hydrogen-bond acceptors (Lipinski definition) is 5. The molecule has 1 N–H and O–H groups in total. The Morgan fingerprint density at radius 1 is 1.41 bits per heavy atom. The van der Waals surface area contributed by atoms with Crippen molar-refractivity contribution in [1.29, 1.82) is 0 Å². The van der Waals surface area contributed by atoms with Crippen molar-refractivity contribution < 1.29 is 14.5 Å². The van der Waals surface area contributed by atoms with Crippen molar-refractivity contribution in [3.05, 3.63) is 45.8 Å². The van der Waals surface area contributed by atoms with Crippen LogP contribution in [0.4, 0.5) is 11.4 Å². The Kier molecular flexibility index (Phi) is 4.40. The summed E-state index contributed by atoms with van der Waals surface area (Å²) in [7, 11) is 1.38. The van der Waals surface area contributed by atoms with Crippen LogP contribution < -0.4 is 10.1 Å². The van der Waals surface area contributed by atoms with E-state index in [2.05, 4.69) is 10.4 Å². The summed E-state index contributed by atoms with van der Waals surface area (Å²) in [6.45, 7) is 3.76. The van der Waals surface area contributed by atoms with Crippen LogP contribution in [-0.4, -0.2) is 27.7 Å². The molecule has 0 fully saturated rings. The van der Waals surface area contributed by atoms with Gasteiger partial charge in [-0.05, 0) is 26.0 Å². The molecule has 8 heteroatoms. The van der Waals surface area contributed by atoms with Gasteiger partial charge in [-0.1, -0.05) is 0 Å². The lowest BCUT2D eigenvalue weighted by Gasteiger charge is -2.10. The number of amides is 1. The van der Waals surface area contributed by atoms with Gasteiger partial charge in [-0.15, -0.1) is 0 Å². The number of non-ortho nitro benzene ring substituents is 1. The number of anilines is 1. The lowest BCUT2D eigenvalue weighted by atomic mass is 10.2. The summed E-state index contributed by atoms with van der Waals surface area (Å²) in [4.78, 5) is 22.3. The second-order valence-corrected chi connectivity index (χ2v) is 4.77. The molecule has 0 aliphatic rings. The van der Waals surface area contributed by atoms with Crippen LogP contribution in [0, 0.1) is 24.0 Å². The Morgan fingerprint density at radius 3 is 2.68 bits per heavy atom. The van der Waals surface area contributed by atoms with Gasteiger partial charge >= 0.3 is 0 Å². The van der Waals surface area contributed by atoms with E-state index in [1.165, 1.54) is 25.3 Å². The van der Waals surface area contributed by atoms with Crippen molar-refractivity contribution in [3.63, 3.8) is 0 Å². The minimum atomic E-state index is -0.524. The van der Waals surface area contributed by atoms with Gasteiger partial charge in [-0.25, -0.2) is 0 Å². The first kappa shape index (κ1) is 15.5. The Labute approximate surface area is 126 Å². The summed E-state index contributed by atoms with van der Waals surface area (Å²) in [5, 5.41) is 17.6. The number of rotatable bonds is 5. The maximum Gasteiger partial charge on any atom is 0.273 e. The third-order valence-corrected chi connectivity index (χ3v) is 3.07. The number of aryl methyl sites for hydroxylation is 2. The van der Waals surface area contributed by atoms with Gasteiger partial charge in [-0.2, -0.15) is 5.10 Å². The Balaban J connectivity index is 2.14. The van der Waals surface area contributed by atoms with E-state index >= 15 is 0 Å². The summed E-state index contributed by atoms with van der Waals surface area (Å²) in [5.74, 6) is -0.0609. The van der Waals surface area contributed by atoms with E-state index in [-0.39, 0.29) is 23.9 Å². The number of nitrogens with one attached hydrogen (secondary N) is 1. The molecular weight excluding hydrogens is 288 g/mol. The molecular formula is C14H16N4O4. The first-order chi connectivity index (χ1) is 10.4. The fourth-order valence-corrected chi connectivity index (χ4v) is 2.06. The smallest absolute Gasteiger partial charge is 0.273 e. The highest BCUT2D eigenvalue weighted by molar-refractivity contribution is 5.92. The van der Waals surface area contributed by atoms with Crippen LogP contribution in [0.2, 0.25) is 0 Å². The molecule has 1 aromatic heterocycles. The van der Waals surface area contributed by atoms with Crippen LogP contribution in [0.5, 0.6) is 5.75 Å². The van der Waals surface area contributed by atoms with E-state index in [4.69, 9.17) is 4.74 Å². The molecule has 8 nitrogen and oxygen atoms in total. The zero-order valence-corrected chi connectivity index (χ0v) is 12.5. The molecule has 0 bridgehead atoms. The summed E-state index contributed by atoms with van der Waals surface area (Å²) in [6.07, 6.45) is 0. The fourth-order valence-electron chi connectivity index (χ4n) is 2.06. The fraction of sp³-hybridized carbons (Fsp3) is 0.286. The Morgan fingerprint density at radius 2 is 2.14 bits per heavy atom. The summed E-state index contributed by atoms with van der Waals surface area (Å²) < 4.78 is 6.66. The van der Waals surface area contributed by atoms with Crippen molar-refractivity contribution in [3.8, 4) is 5.75 Å². The first-order valence-corrected chi connectivity index (χ1v) is 6.54. The van der Waals surface area contributed by atoms with E-state index in [1.54, 1.807) is 4.68 Å². The zero-order chi connectivity index (χ0) is 16.3. The van der Waals surface area contributed by atoms with Crippen LogP contribution in [0.1, 0.15) is 11.4 Å². The second kappa shape index (κ2) is 6.25. The number of carbonyl (C=O) groups excluding carboxylic acids is 1. The molecule has 116 valence electrons. The molecule has 1 aromatic carbocycles. The van der Waals surface area contributed by atoms with Crippen molar-refractivity contribution in [1.82, 2.24) is 9.78 Å². The van der Waals surface area contributed by atoms with Crippen molar-refractivity contribution in [2.45, 2.75) is 20.4 Å². The van der Waals surface area contributed by atoms with Crippen LogP contribution in [0.3, 0.4) is 0 Å². The lowest BCUT2D eigenvalue weighted by molar-refractivity contribution is -0.384. The van der Waals surface area contributed by atoms with Gasteiger partial charge in [0.05, 0.1) is 29.5 Å². The predicted molar refractivity (Wildman–Crippen MR) is 80.0 cm³/mol. The summed E-state index contributed by atoms with van der Waals surface area (Å²) in [6, 6.07) is 5.89. The van der Waals surface area contributed by atoms with Gasteiger partial charge < -0.3 is 10.1 Å². The molecule has 1 amide bonds. The molecule has 0 aliphatic heterocycles. The standard InChI is InChI=1S/C14H16N4O4/c1-9-6-10(2)17(16-9)8-14(19)15-12-5-4-11(18(20)21)7-13(12)22-3/h4-7H,8H2,1-3H3,(H,15,19). The normalized spacial score (nSPS) is 10.3.